The van der Waals surface area contributed by atoms with Crippen molar-refractivity contribution in [3.63, 3.8) is 0 Å². The zero-order valence-electron chi connectivity index (χ0n) is 14.4. The molecule has 2 saturated carbocycles. The third kappa shape index (κ3) is 3.59. The van der Waals surface area contributed by atoms with Crippen LogP contribution in [0, 0.1) is 18.8 Å². The fourth-order valence-electron chi connectivity index (χ4n) is 4.80. The van der Waals surface area contributed by atoms with Crippen LogP contribution in [0.3, 0.4) is 0 Å². The smallest absolute Gasteiger partial charge is 0.223 e. The summed E-state index contributed by atoms with van der Waals surface area (Å²) >= 11 is 0. The molecule has 140 valence electrons. The van der Waals surface area contributed by atoms with E-state index in [0.717, 1.165) is 19.3 Å². The highest BCUT2D eigenvalue weighted by Gasteiger charge is 2.46. The Bertz CT molecular complexity index is 725. The minimum atomic E-state index is -3.34. The molecule has 0 spiro atoms. The zero-order valence-corrected chi connectivity index (χ0v) is 15.2. The Kier molecular flexibility index (Phi) is 4.57. The Hall–Kier alpha value is -1.06. The second-order valence-corrected chi connectivity index (χ2v) is 9.74. The van der Waals surface area contributed by atoms with Gasteiger partial charge < -0.3 is 4.52 Å². The molecule has 1 unspecified atom stereocenters. The molecular formula is C16H25FN4O3S. The van der Waals surface area contributed by atoms with E-state index in [1.807, 2.05) is 4.90 Å². The normalized spacial score (nSPS) is 35.7. The summed E-state index contributed by atoms with van der Waals surface area (Å²) in [6, 6.07) is -0.179. The van der Waals surface area contributed by atoms with Crippen molar-refractivity contribution in [2.75, 3.05) is 13.1 Å². The summed E-state index contributed by atoms with van der Waals surface area (Å²) in [5, 5.41) is 3.59. The number of rotatable bonds is 6. The van der Waals surface area contributed by atoms with Crippen LogP contribution in [0.1, 0.15) is 43.8 Å². The summed E-state index contributed by atoms with van der Waals surface area (Å²) in [6.07, 6.45) is 3.39. The average molecular weight is 372 g/mol. The lowest BCUT2D eigenvalue weighted by Crippen LogP contribution is -2.44. The van der Waals surface area contributed by atoms with Crippen LogP contribution in [0.2, 0.25) is 0 Å². The van der Waals surface area contributed by atoms with Crippen molar-refractivity contribution in [2.24, 2.45) is 11.8 Å². The van der Waals surface area contributed by atoms with E-state index in [1.54, 1.807) is 6.92 Å². The van der Waals surface area contributed by atoms with E-state index in [9.17, 15) is 12.8 Å². The fourth-order valence-corrected chi connectivity index (χ4v) is 6.72. The predicted molar refractivity (Wildman–Crippen MR) is 88.9 cm³/mol. The summed E-state index contributed by atoms with van der Waals surface area (Å²) in [5.74, 6) is 1.86. The number of aromatic nitrogens is 2. The molecule has 0 aromatic carbocycles. The number of aryl methyl sites for hydroxylation is 1. The molecule has 3 aliphatic rings. The quantitative estimate of drug-likeness (QED) is 0.812. The van der Waals surface area contributed by atoms with E-state index in [0.29, 0.717) is 36.5 Å². The molecular weight excluding hydrogens is 347 g/mol. The maximum atomic E-state index is 13.9. The van der Waals surface area contributed by atoms with Gasteiger partial charge in [-0.05, 0) is 37.5 Å². The second kappa shape index (κ2) is 6.59. The van der Waals surface area contributed by atoms with Gasteiger partial charge in [-0.3, -0.25) is 4.90 Å². The van der Waals surface area contributed by atoms with Gasteiger partial charge in [-0.1, -0.05) is 11.6 Å². The summed E-state index contributed by atoms with van der Waals surface area (Å²) in [5.41, 5.74) is 0. The van der Waals surface area contributed by atoms with Crippen LogP contribution in [-0.4, -0.2) is 54.0 Å². The van der Waals surface area contributed by atoms with Crippen LogP contribution in [0.5, 0.6) is 0 Å². The van der Waals surface area contributed by atoms with Crippen LogP contribution in [-0.2, 0) is 16.6 Å². The third-order valence-electron chi connectivity index (χ3n) is 5.98. The maximum absolute atomic E-state index is 13.9. The second-order valence-electron chi connectivity index (χ2n) is 7.75. The lowest BCUT2D eigenvalue weighted by atomic mass is 10.0. The topological polar surface area (TPSA) is 88.3 Å². The van der Waals surface area contributed by atoms with Crippen molar-refractivity contribution in [1.82, 2.24) is 19.8 Å². The SMILES string of the molecule is Cc1nc(CN2C[C@@H](F)C[C@H]2CNS(=O)(=O)C2C[C@@H]3CC[C@H]2C3)no1. The van der Waals surface area contributed by atoms with Gasteiger partial charge in [0, 0.05) is 26.1 Å². The van der Waals surface area contributed by atoms with Gasteiger partial charge in [0.25, 0.3) is 0 Å². The van der Waals surface area contributed by atoms with Crippen molar-refractivity contribution < 1.29 is 17.3 Å². The lowest BCUT2D eigenvalue weighted by molar-refractivity contribution is 0.226. The summed E-state index contributed by atoms with van der Waals surface area (Å²) in [6.45, 7) is 2.60. The van der Waals surface area contributed by atoms with E-state index in [1.165, 1.54) is 6.42 Å². The van der Waals surface area contributed by atoms with E-state index < -0.39 is 16.2 Å². The van der Waals surface area contributed by atoms with Crippen molar-refractivity contribution in [1.29, 1.82) is 0 Å². The highest BCUT2D eigenvalue weighted by atomic mass is 32.2. The first kappa shape index (κ1) is 17.4. The monoisotopic (exact) mass is 372 g/mol. The molecule has 0 radical (unpaired) electrons. The number of nitrogens with zero attached hydrogens (tertiary/aromatic N) is 3. The number of fused-ring (bicyclic) bond motifs is 2. The summed E-state index contributed by atoms with van der Waals surface area (Å²) < 4.78 is 46.9. The Morgan fingerprint density at radius 2 is 2.16 bits per heavy atom. The number of sulfonamides is 1. The van der Waals surface area contributed by atoms with Crippen molar-refractivity contribution in [2.45, 2.75) is 63.0 Å². The van der Waals surface area contributed by atoms with Crippen molar-refractivity contribution >= 4 is 10.0 Å². The number of halogens is 1. The molecule has 2 bridgehead atoms. The molecule has 7 nitrogen and oxygen atoms in total. The first-order chi connectivity index (χ1) is 11.9. The van der Waals surface area contributed by atoms with Gasteiger partial charge in [0.15, 0.2) is 5.82 Å². The molecule has 3 fully saturated rings. The van der Waals surface area contributed by atoms with E-state index in [2.05, 4.69) is 14.9 Å². The molecule has 1 N–H and O–H groups in total. The summed E-state index contributed by atoms with van der Waals surface area (Å²) in [4.78, 5) is 6.05. The Balaban J connectivity index is 1.37. The molecule has 0 amide bonds. The molecule has 2 heterocycles. The largest absolute Gasteiger partial charge is 0.340 e. The van der Waals surface area contributed by atoms with Crippen LogP contribution in [0.4, 0.5) is 4.39 Å². The van der Waals surface area contributed by atoms with Crippen LogP contribution in [0.15, 0.2) is 4.52 Å². The molecule has 5 atom stereocenters. The number of alkyl halides is 1. The summed E-state index contributed by atoms with van der Waals surface area (Å²) in [7, 11) is -3.34. The molecule has 1 aromatic heterocycles. The van der Waals surface area contributed by atoms with Gasteiger partial charge >= 0.3 is 0 Å². The molecule has 25 heavy (non-hydrogen) atoms. The minimum Gasteiger partial charge on any atom is -0.340 e. The van der Waals surface area contributed by atoms with E-state index in [-0.39, 0.29) is 24.4 Å². The van der Waals surface area contributed by atoms with Gasteiger partial charge in [0.2, 0.25) is 15.9 Å². The maximum Gasteiger partial charge on any atom is 0.223 e. The molecule has 1 aliphatic heterocycles. The van der Waals surface area contributed by atoms with Gasteiger partial charge in [0.05, 0.1) is 11.8 Å². The number of likely N-dealkylation sites (tertiary alicyclic amines) is 1. The Labute approximate surface area is 147 Å². The lowest BCUT2D eigenvalue weighted by Gasteiger charge is -2.26. The van der Waals surface area contributed by atoms with E-state index >= 15 is 0 Å². The van der Waals surface area contributed by atoms with Gasteiger partial charge in [0.1, 0.15) is 6.17 Å². The number of hydrogen-bond donors (Lipinski definition) is 1. The molecule has 2 aliphatic carbocycles. The predicted octanol–water partition coefficient (Wildman–Crippen LogP) is 1.40. The standard InChI is InChI=1S/C16H25FN4O3S/c1-10-19-16(20-24-10)9-21-8-13(17)6-14(21)7-18-25(22,23)15-5-11-2-3-12(15)4-11/h11-15,18H,2-9H2,1H3/t11-,12+,13+,14+,15?/m1/s1. The molecule has 9 heteroatoms. The molecule has 1 aromatic rings. The Morgan fingerprint density at radius 1 is 1.32 bits per heavy atom. The number of hydrogen-bond acceptors (Lipinski definition) is 6. The number of nitrogens with one attached hydrogen (secondary N) is 1. The molecule has 4 rings (SSSR count). The van der Waals surface area contributed by atoms with Gasteiger partial charge in [-0.2, -0.15) is 4.98 Å². The van der Waals surface area contributed by atoms with Gasteiger partial charge in [-0.15, -0.1) is 0 Å². The average Bonchev–Trinajstić information content (AvgIpc) is 3.31. The molecule has 1 saturated heterocycles. The first-order valence-electron chi connectivity index (χ1n) is 9.06. The zero-order chi connectivity index (χ0) is 17.6. The van der Waals surface area contributed by atoms with Crippen LogP contribution < -0.4 is 4.72 Å². The van der Waals surface area contributed by atoms with Gasteiger partial charge in [-0.25, -0.2) is 17.5 Å². The van der Waals surface area contributed by atoms with Crippen molar-refractivity contribution in [3.8, 4) is 0 Å². The highest BCUT2D eigenvalue weighted by Crippen LogP contribution is 2.47. The van der Waals surface area contributed by atoms with Crippen molar-refractivity contribution in [3.05, 3.63) is 11.7 Å². The fraction of sp³-hybridized carbons (Fsp3) is 0.875. The van der Waals surface area contributed by atoms with E-state index in [4.69, 9.17) is 4.52 Å². The first-order valence-corrected chi connectivity index (χ1v) is 10.6. The van der Waals surface area contributed by atoms with Crippen LogP contribution in [0.25, 0.3) is 0 Å². The minimum absolute atomic E-state index is 0.179. The highest BCUT2D eigenvalue weighted by molar-refractivity contribution is 7.90. The Morgan fingerprint density at radius 3 is 2.80 bits per heavy atom. The third-order valence-corrected chi connectivity index (χ3v) is 7.93. The van der Waals surface area contributed by atoms with Crippen LogP contribution >= 0.6 is 0 Å².